The van der Waals surface area contributed by atoms with Crippen molar-refractivity contribution in [1.29, 1.82) is 0 Å². The minimum atomic E-state index is -4.58. The summed E-state index contributed by atoms with van der Waals surface area (Å²) in [4.78, 5) is 17.6. The van der Waals surface area contributed by atoms with E-state index in [1.807, 2.05) is 0 Å². The van der Waals surface area contributed by atoms with E-state index in [0.29, 0.717) is 0 Å². The Morgan fingerprint density at radius 3 is 2.31 bits per heavy atom. The van der Waals surface area contributed by atoms with Crippen LogP contribution in [-0.2, 0) is 6.18 Å². The molecule has 0 spiro atoms. The fraction of sp³-hybridized carbons (Fsp3) is 0.444. The Kier molecular flexibility index (Phi) is 2.53. The molecule has 16 heavy (non-hydrogen) atoms. The number of rotatable bonds is 2. The van der Waals surface area contributed by atoms with Crippen molar-refractivity contribution >= 4 is 5.91 Å². The maximum absolute atomic E-state index is 12.1. The molecule has 1 amide bonds. The number of aromatic nitrogens is 2. The van der Waals surface area contributed by atoms with Gasteiger partial charge in [0.05, 0.1) is 5.56 Å². The van der Waals surface area contributed by atoms with Crippen molar-refractivity contribution in [1.82, 2.24) is 15.3 Å². The molecule has 1 aromatic rings. The van der Waals surface area contributed by atoms with Gasteiger partial charge in [0.2, 0.25) is 5.82 Å². The molecule has 0 bridgehead atoms. The number of nitrogens with one attached hydrogen (secondary N) is 1. The third-order valence-electron chi connectivity index (χ3n) is 2.08. The van der Waals surface area contributed by atoms with Crippen LogP contribution in [-0.4, -0.2) is 21.9 Å². The van der Waals surface area contributed by atoms with Gasteiger partial charge in [0.25, 0.3) is 5.91 Å². The lowest BCUT2D eigenvalue weighted by Crippen LogP contribution is -2.26. The van der Waals surface area contributed by atoms with Crippen molar-refractivity contribution in [2.45, 2.75) is 25.1 Å². The molecule has 7 heteroatoms. The number of amides is 1. The summed E-state index contributed by atoms with van der Waals surface area (Å²) >= 11 is 0. The second-order valence-electron chi connectivity index (χ2n) is 3.54. The molecule has 86 valence electrons. The highest BCUT2D eigenvalue weighted by Crippen LogP contribution is 2.25. The van der Waals surface area contributed by atoms with Crippen molar-refractivity contribution in [2.75, 3.05) is 0 Å². The highest BCUT2D eigenvalue weighted by Gasteiger charge is 2.34. The standard InChI is InChI=1S/C9H8F3N3O/c10-9(11,12)8-13-3-5(4-14-8)7(16)15-6-1-2-6/h3-4,6H,1-2H2,(H,15,16). The van der Waals surface area contributed by atoms with Crippen molar-refractivity contribution in [3.05, 3.63) is 23.8 Å². The summed E-state index contributed by atoms with van der Waals surface area (Å²) in [6, 6.07) is 0.148. The molecular formula is C9H8F3N3O. The van der Waals surface area contributed by atoms with Gasteiger partial charge < -0.3 is 5.32 Å². The van der Waals surface area contributed by atoms with E-state index in [4.69, 9.17) is 0 Å². The molecule has 0 saturated heterocycles. The van der Waals surface area contributed by atoms with Crippen LogP contribution in [0.15, 0.2) is 12.4 Å². The quantitative estimate of drug-likeness (QED) is 0.836. The number of carbonyl (C=O) groups excluding carboxylic acids is 1. The minimum Gasteiger partial charge on any atom is -0.349 e. The first kappa shape index (κ1) is 10.8. The first-order valence-electron chi connectivity index (χ1n) is 4.67. The molecule has 0 aromatic carbocycles. The van der Waals surface area contributed by atoms with Crippen molar-refractivity contribution in [3.63, 3.8) is 0 Å². The molecular weight excluding hydrogens is 223 g/mol. The van der Waals surface area contributed by atoms with Crippen LogP contribution in [0.2, 0.25) is 0 Å². The molecule has 0 unspecified atom stereocenters. The van der Waals surface area contributed by atoms with Crippen LogP contribution in [0.3, 0.4) is 0 Å². The SMILES string of the molecule is O=C(NC1CC1)c1cnc(C(F)(F)F)nc1. The summed E-state index contributed by atoms with van der Waals surface area (Å²) in [5, 5.41) is 2.63. The van der Waals surface area contributed by atoms with Crippen molar-refractivity contribution in [2.24, 2.45) is 0 Å². The highest BCUT2D eigenvalue weighted by molar-refractivity contribution is 5.93. The second-order valence-corrected chi connectivity index (χ2v) is 3.54. The second kappa shape index (κ2) is 3.73. The number of hydrogen-bond acceptors (Lipinski definition) is 3. The van der Waals surface area contributed by atoms with Crippen LogP contribution in [0.4, 0.5) is 13.2 Å². The summed E-state index contributed by atoms with van der Waals surface area (Å²) in [6.07, 6.45) is -0.993. The fourth-order valence-corrected chi connectivity index (χ4v) is 1.09. The maximum Gasteiger partial charge on any atom is 0.451 e. The molecule has 0 aliphatic heterocycles. The highest BCUT2D eigenvalue weighted by atomic mass is 19.4. The van der Waals surface area contributed by atoms with E-state index in [0.717, 1.165) is 25.2 Å². The van der Waals surface area contributed by atoms with E-state index in [2.05, 4.69) is 15.3 Å². The Morgan fingerprint density at radius 1 is 1.31 bits per heavy atom. The molecule has 1 aliphatic rings. The Morgan fingerprint density at radius 2 is 1.88 bits per heavy atom. The summed E-state index contributed by atoms with van der Waals surface area (Å²) in [5.41, 5.74) is 0.0416. The van der Waals surface area contributed by atoms with Crippen LogP contribution in [0.1, 0.15) is 29.0 Å². The first-order valence-corrected chi connectivity index (χ1v) is 4.67. The number of alkyl halides is 3. The van der Waals surface area contributed by atoms with Gasteiger partial charge in [0.1, 0.15) is 0 Å². The average molecular weight is 231 g/mol. The van der Waals surface area contributed by atoms with Gasteiger partial charge in [-0.3, -0.25) is 4.79 Å². The number of halogens is 3. The van der Waals surface area contributed by atoms with Gasteiger partial charge in [-0.1, -0.05) is 0 Å². The van der Waals surface area contributed by atoms with Gasteiger partial charge in [0.15, 0.2) is 0 Å². The van der Waals surface area contributed by atoms with Gasteiger partial charge in [-0.15, -0.1) is 0 Å². The Balaban J connectivity index is 2.09. The third kappa shape index (κ3) is 2.47. The first-order chi connectivity index (χ1) is 7.47. The maximum atomic E-state index is 12.1. The Bertz CT molecular complexity index is 397. The predicted octanol–water partition coefficient (Wildman–Crippen LogP) is 1.39. The summed E-state index contributed by atoms with van der Waals surface area (Å²) in [5.74, 6) is -1.67. The molecule has 1 aromatic heterocycles. The molecule has 0 radical (unpaired) electrons. The lowest BCUT2D eigenvalue weighted by atomic mass is 10.3. The van der Waals surface area contributed by atoms with E-state index in [1.54, 1.807) is 0 Å². The van der Waals surface area contributed by atoms with E-state index in [-0.39, 0.29) is 11.6 Å². The monoisotopic (exact) mass is 231 g/mol. The van der Waals surface area contributed by atoms with E-state index < -0.39 is 17.9 Å². The topological polar surface area (TPSA) is 54.9 Å². The molecule has 1 N–H and O–H groups in total. The molecule has 4 nitrogen and oxygen atoms in total. The third-order valence-corrected chi connectivity index (χ3v) is 2.08. The molecule has 1 fully saturated rings. The van der Waals surface area contributed by atoms with Crippen LogP contribution in [0, 0.1) is 0 Å². The van der Waals surface area contributed by atoms with Gasteiger partial charge in [-0.25, -0.2) is 9.97 Å². The average Bonchev–Trinajstić information content (AvgIpc) is 3.00. The van der Waals surface area contributed by atoms with Crippen LogP contribution >= 0.6 is 0 Å². The van der Waals surface area contributed by atoms with E-state index >= 15 is 0 Å². The van der Waals surface area contributed by atoms with Gasteiger partial charge in [0, 0.05) is 18.4 Å². The summed E-state index contributed by atoms with van der Waals surface area (Å²) < 4.78 is 36.3. The molecule has 1 saturated carbocycles. The zero-order chi connectivity index (χ0) is 11.8. The zero-order valence-electron chi connectivity index (χ0n) is 8.08. The molecule has 1 aliphatic carbocycles. The van der Waals surface area contributed by atoms with Crippen LogP contribution in [0.5, 0.6) is 0 Å². The zero-order valence-corrected chi connectivity index (χ0v) is 8.08. The Labute approximate surface area is 88.9 Å². The number of hydrogen-bond donors (Lipinski definition) is 1. The fourth-order valence-electron chi connectivity index (χ4n) is 1.09. The van der Waals surface area contributed by atoms with E-state index in [1.165, 1.54) is 0 Å². The predicted molar refractivity (Wildman–Crippen MR) is 47.5 cm³/mol. The van der Waals surface area contributed by atoms with E-state index in [9.17, 15) is 18.0 Å². The smallest absolute Gasteiger partial charge is 0.349 e. The Hall–Kier alpha value is -1.66. The normalized spacial score (nSPS) is 15.9. The molecule has 0 atom stereocenters. The molecule has 2 rings (SSSR count). The van der Waals surface area contributed by atoms with Gasteiger partial charge >= 0.3 is 6.18 Å². The molecule has 1 heterocycles. The van der Waals surface area contributed by atoms with Crippen LogP contribution in [0.25, 0.3) is 0 Å². The lowest BCUT2D eigenvalue weighted by molar-refractivity contribution is -0.145. The summed E-state index contributed by atoms with van der Waals surface area (Å²) in [7, 11) is 0. The van der Waals surface area contributed by atoms with Crippen molar-refractivity contribution in [3.8, 4) is 0 Å². The largest absolute Gasteiger partial charge is 0.451 e. The number of carbonyl (C=O) groups is 1. The number of nitrogens with zero attached hydrogens (tertiary/aromatic N) is 2. The summed E-state index contributed by atoms with van der Waals surface area (Å²) in [6.45, 7) is 0. The van der Waals surface area contributed by atoms with Crippen molar-refractivity contribution < 1.29 is 18.0 Å². The minimum absolute atomic E-state index is 0.0416. The van der Waals surface area contributed by atoms with Gasteiger partial charge in [-0.2, -0.15) is 13.2 Å². The lowest BCUT2D eigenvalue weighted by Gasteiger charge is -2.05. The van der Waals surface area contributed by atoms with Gasteiger partial charge in [-0.05, 0) is 12.8 Å². The van der Waals surface area contributed by atoms with Crippen LogP contribution < -0.4 is 5.32 Å².